The molecule has 126 valence electrons. The van der Waals surface area contributed by atoms with E-state index in [1.165, 1.54) is 47.0 Å². The normalized spacial score (nSPS) is 24.2. The fourth-order valence-electron chi connectivity index (χ4n) is 4.32. The number of hydrogen-bond donors (Lipinski definition) is 1. The van der Waals surface area contributed by atoms with Gasteiger partial charge in [0.1, 0.15) is 0 Å². The van der Waals surface area contributed by atoms with Gasteiger partial charge in [-0.25, -0.2) is 0 Å². The molecule has 1 aromatic heterocycles. The molecule has 0 spiro atoms. The Labute approximate surface area is 152 Å². The molecule has 1 N–H and O–H groups in total. The number of allylic oxidation sites excluding steroid dienone is 1. The van der Waals surface area contributed by atoms with Gasteiger partial charge >= 0.3 is 0 Å². The highest BCUT2D eigenvalue weighted by Crippen LogP contribution is 2.46. The number of benzene rings is 1. The number of piperidine rings is 1. The summed E-state index contributed by atoms with van der Waals surface area (Å²) in [6.07, 6.45) is 11.6. The Bertz CT molecular complexity index is 779. The molecular weight excluding hydrogens is 332 g/mol. The predicted octanol–water partition coefficient (Wildman–Crippen LogP) is 5.41. The van der Waals surface area contributed by atoms with Crippen molar-refractivity contribution in [2.24, 2.45) is 5.92 Å². The van der Waals surface area contributed by atoms with Crippen LogP contribution in [-0.4, -0.2) is 24.0 Å². The van der Waals surface area contributed by atoms with Gasteiger partial charge in [-0.2, -0.15) is 0 Å². The highest BCUT2D eigenvalue weighted by atomic mass is 32.2. The first-order chi connectivity index (χ1) is 11.8. The van der Waals surface area contributed by atoms with Gasteiger partial charge in [-0.05, 0) is 78.7 Å². The summed E-state index contributed by atoms with van der Waals surface area (Å²) in [6.45, 7) is 1.10. The molecule has 1 aliphatic heterocycles. The van der Waals surface area contributed by atoms with Gasteiger partial charge in [-0.15, -0.1) is 23.5 Å². The van der Waals surface area contributed by atoms with Gasteiger partial charge in [0.2, 0.25) is 0 Å². The van der Waals surface area contributed by atoms with E-state index in [4.69, 9.17) is 4.98 Å². The van der Waals surface area contributed by atoms with Crippen LogP contribution in [0.3, 0.4) is 0 Å². The fourth-order valence-corrected chi connectivity index (χ4v) is 5.83. The van der Waals surface area contributed by atoms with Gasteiger partial charge in [0.15, 0.2) is 0 Å². The van der Waals surface area contributed by atoms with Crippen LogP contribution in [0.5, 0.6) is 0 Å². The Balaban J connectivity index is 1.91. The lowest BCUT2D eigenvalue weighted by Gasteiger charge is -2.38. The number of nitrogens with zero attached hydrogens (tertiary/aromatic N) is 1. The summed E-state index contributed by atoms with van der Waals surface area (Å²) in [5.74, 6) is 0.742. The number of nitrogens with one attached hydrogen (secondary N) is 1. The lowest BCUT2D eigenvalue weighted by atomic mass is 9.77. The smallest absolute Gasteiger partial charge is 0.0731 e. The number of fused-ring (bicyclic) bond motifs is 2. The second-order valence-corrected chi connectivity index (χ2v) is 8.35. The zero-order valence-electron chi connectivity index (χ0n) is 14.3. The molecule has 2 atom stereocenters. The molecular formula is C20H24N2S2. The van der Waals surface area contributed by atoms with E-state index >= 15 is 0 Å². The third-order valence-corrected chi connectivity index (χ3v) is 7.11. The maximum Gasteiger partial charge on any atom is 0.0731 e. The lowest BCUT2D eigenvalue weighted by Crippen LogP contribution is -2.36. The van der Waals surface area contributed by atoms with E-state index in [9.17, 15) is 0 Å². The third-order valence-electron chi connectivity index (χ3n) is 5.39. The van der Waals surface area contributed by atoms with Crippen LogP contribution < -0.4 is 5.32 Å². The maximum absolute atomic E-state index is 4.88. The van der Waals surface area contributed by atoms with Crippen LogP contribution in [0.1, 0.15) is 37.4 Å². The van der Waals surface area contributed by atoms with Crippen LogP contribution in [0, 0.1) is 5.92 Å². The van der Waals surface area contributed by atoms with E-state index < -0.39 is 0 Å². The van der Waals surface area contributed by atoms with Gasteiger partial charge in [0.25, 0.3) is 0 Å². The molecule has 1 saturated heterocycles. The molecule has 4 rings (SSSR count). The number of hydrogen-bond acceptors (Lipinski definition) is 4. The zero-order chi connectivity index (χ0) is 16.5. The van der Waals surface area contributed by atoms with Crippen molar-refractivity contribution in [1.29, 1.82) is 0 Å². The summed E-state index contributed by atoms with van der Waals surface area (Å²) < 4.78 is 0. The summed E-state index contributed by atoms with van der Waals surface area (Å²) in [6, 6.07) is 9.02. The minimum atomic E-state index is 0.281. The van der Waals surface area contributed by atoms with Crippen LogP contribution in [0.25, 0.3) is 10.8 Å². The number of aromatic nitrogens is 1. The minimum Gasteiger partial charge on any atom is -0.305 e. The second kappa shape index (κ2) is 7.11. The van der Waals surface area contributed by atoms with E-state index in [1.807, 2.05) is 29.7 Å². The Hall–Kier alpha value is -0.970. The Morgan fingerprint density at radius 1 is 1.12 bits per heavy atom. The van der Waals surface area contributed by atoms with Crippen molar-refractivity contribution in [2.75, 3.05) is 19.1 Å². The van der Waals surface area contributed by atoms with E-state index in [-0.39, 0.29) is 6.04 Å². The number of pyridine rings is 1. The maximum atomic E-state index is 4.88. The molecule has 0 bridgehead atoms. The van der Waals surface area contributed by atoms with Crippen LogP contribution in [0.2, 0.25) is 0 Å². The highest BCUT2D eigenvalue weighted by Gasteiger charge is 2.34. The van der Waals surface area contributed by atoms with E-state index in [1.54, 1.807) is 10.5 Å². The average Bonchev–Trinajstić information content (AvgIpc) is 2.66. The van der Waals surface area contributed by atoms with E-state index in [0.717, 1.165) is 12.5 Å². The Kier molecular flexibility index (Phi) is 4.88. The number of thioether (sulfide) groups is 2. The van der Waals surface area contributed by atoms with Crippen molar-refractivity contribution >= 4 is 34.3 Å². The summed E-state index contributed by atoms with van der Waals surface area (Å²) in [7, 11) is 0. The average molecular weight is 357 g/mol. The van der Waals surface area contributed by atoms with Gasteiger partial charge in [0, 0.05) is 16.5 Å². The van der Waals surface area contributed by atoms with Gasteiger partial charge in [-0.1, -0.05) is 12.1 Å². The van der Waals surface area contributed by atoms with Crippen LogP contribution >= 0.6 is 23.5 Å². The third kappa shape index (κ3) is 2.79. The predicted molar refractivity (Wildman–Crippen MR) is 107 cm³/mol. The van der Waals surface area contributed by atoms with Crippen LogP contribution in [0.4, 0.5) is 0 Å². The molecule has 0 radical (unpaired) electrons. The largest absolute Gasteiger partial charge is 0.305 e. The van der Waals surface area contributed by atoms with E-state index in [0.29, 0.717) is 0 Å². The standard InChI is InChI=1S/C20H24N2S2/c1-23-15-7-3-5-13-9-11-21-19(17(13)15)20-18-14(10-12-22-20)6-4-8-16(18)24-2/h3,5,7,9,11,14,20,22H,4,6,8,10,12H2,1-2H3. The lowest BCUT2D eigenvalue weighted by molar-refractivity contribution is 0.360. The molecule has 0 saturated carbocycles. The topological polar surface area (TPSA) is 24.9 Å². The van der Waals surface area contributed by atoms with Gasteiger partial charge in [0.05, 0.1) is 11.7 Å². The molecule has 1 aromatic carbocycles. The second-order valence-electron chi connectivity index (χ2n) is 6.60. The minimum absolute atomic E-state index is 0.281. The molecule has 2 aromatic rings. The van der Waals surface area contributed by atoms with Crippen molar-refractivity contribution in [3.8, 4) is 0 Å². The molecule has 2 heterocycles. The molecule has 0 amide bonds. The summed E-state index contributed by atoms with van der Waals surface area (Å²) in [5.41, 5.74) is 2.86. The summed E-state index contributed by atoms with van der Waals surface area (Å²) in [5, 5.41) is 6.44. The molecule has 1 fully saturated rings. The van der Waals surface area contributed by atoms with Crippen molar-refractivity contribution < 1.29 is 0 Å². The first-order valence-electron chi connectivity index (χ1n) is 8.75. The molecule has 2 unspecified atom stereocenters. The first kappa shape index (κ1) is 16.5. The molecule has 2 aliphatic rings. The van der Waals surface area contributed by atoms with Gasteiger partial charge < -0.3 is 5.32 Å². The van der Waals surface area contributed by atoms with Crippen molar-refractivity contribution in [1.82, 2.24) is 10.3 Å². The molecule has 24 heavy (non-hydrogen) atoms. The first-order valence-corrected chi connectivity index (χ1v) is 11.2. The van der Waals surface area contributed by atoms with Crippen molar-refractivity contribution in [3.05, 3.63) is 46.6 Å². The zero-order valence-corrected chi connectivity index (χ0v) is 16.0. The molecule has 1 aliphatic carbocycles. The van der Waals surface area contributed by atoms with Crippen molar-refractivity contribution in [2.45, 2.75) is 36.6 Å². The van der Waals surface area contributed by atoms with E-state index in [2.05, 4.69) is 42.1 Å². The van der Waals surface area contributed by atoms with Crippen LogP contribution in [0.15, 0.2) is 45.8 Å². The monoisotopic (exact) mass is 356 g/mol. The van der Waals surface area contributed by atoms with Crippen LogP contribution in [-0.2, 0) is 0 Å². The Morgan fingerprint density at radius 3 is 2.88 bits per heavy atom. The fraction of sp³-hybridized carbons (Fsp3) is 0.450. The SMILES string of the molecule is CSC1=C2C(CCC1)CCNC2c1nccc2cccc(SC)c12. The molecule has 2 nitrogen and oxygen atoms in total. The molecule has 4 heteroatoms. The highest BCUT2D eigenvalue weighted by molar-refractivity contribution is 8.02. The van der Waals surface area contributed by atoms with Gasteiger partial charge in [-0.3, -0.25) is 4.98 Å². The quantitative estimate of drug-likeness (QED) is 0.744. The number of rotatable bonds is 3. The van der Waals surface area contributed by atoms with Crippen molar-refractivity contribution in [3.63, 3.8) is 0 Å². The Morgan fingerprint density at radius 2 is 2.04 bits per heavy atom. The summed E-state index contributed by atoms with van der Waals surface area (Å²) >= 11 is 3.78. The summed E-state index contributed by atoms with van der Waals surface area (Å²) in [4.78, 5) is 7.82.